The van der Waals surface area contributed by atoms with Gasteiger partial charge in [-0.2, -0.15) is 5.10 Å². The number of hydrogen-bond donors (Lipinski definition) is 1. The van der Waals surface area contributed by atoms with Crippen LogP contribution in [0.25, 0.3) is 6.08 Å². The molecule has 1 N–H and O–H groups in total. The molecule has 0 radical (unpaired) electrons. The number of fused-ring (bicyclic) bond motifs is 1. The van der Waals surface area contributed by atoms with E-state index < -0.39 is 10.0 Å². The van der Waals surface area contributed by atoms with Crippen LogP contribution in [-0.2, 0) is 22.9 Å². The number of aromatic nitrogens is 2. The van der Waals surface area contributed by atoms with Crippen LogP contribution in [0.3, 0.4) is 0 Å². The third-order valence-electron chi connectivity index (χ3n) is 5.45. The van der Waals surface area contributed by atoms with Crippen molar-refractivity contribution in [2.24, 2.45) is 0 Å². The Kier molecular flexibility index (Phi) is 5.73. The summed E-state index contributed by atoms with van der Waals surface area (Å²) in [5, 5.41) is 10.1. The zero-order valence-electron chi connectivity index (χ0n) is 15.9. The SMILES string of the molecule is O=S(=O)(/C=C/c1ccccc1)NC1CCN(c2cc3c(nn2)CCCC3)CC1. The first-order valence-corrected chi connectivity index (χ1v) is 11.5. The van der Waals surface area contributed by atoms with Crippen molar-refractivity contribution in [3.05, 3.63) is 58.6 Å². The van der Waals surface area contributed by atoms with E-state index in [1.807, 2.05) is 30.3 Å². The maximum atomic E-state index is 12.4. The van der Waals surface area contributed by atoms with E-state index in [1.54, 1.807) is 6.08 Å². The van der Waals surface area contributed by atoms with Crippen molar-refractivity contribution in [3.63, 3.8) is 0 Å². The summed E-state index contributed by atoms with van der Waals surface area (Å²) in [6, 6.07) is 11.6. The summed E-state index contributed by atoms with van der Waals surface area (Å²) >= 11 is 0. The van der Waals surface area contributed by atoms with Gasteiger partial charge in [0.25, 0.3) is 0 Å². The molecule has 1 fully saturated rings. The summed E-state index contributed by atoms with van der Waals surface area (Å²) in [5.74, 6) is 0.922. The van der Waals surface area contributed by atoms with Crippen LogP contribution in [-0.4, -0.2) is 37.7 Å². The Labute approximate surface area is 166 Å². The number of aryl methyl sites for hydroxylation is 2. The largest absolute Gasteiger partial charge is 0.355 e. The third-order valence-corrected chi connectivity index (χ3v) is 6.60. The highest BCUT2D eigenvalue weighted by molar-refractivity contribution is 7.92. The Bertz CT molecular complexity index is 936. The number of sulfonamides is 1. The summed E-state index contributed by atoms with van der Waals surface area (Å²) < 4.78 is 27.5. The first-order valence-electron chi connectivity index (χ1n) is 9.95. The fraction of sp³-hybridized carbons (Fsp3) is 0.429. The topological polar surface area (TPSA) is 75.2 Å². The summed E-state index contributed by atoms with van der Waals surface area (Å²) in [7, 11) is -3.45. The van der Waals surface area contributed by atoms with Crippen LogP contribution in [0.1, 0.15) is 42.5 Å². The predicted molar refractivity (Wildman–Crippen MR) is 111 cm³/mol. The van der Waals surface area contributed by atoms with Gasteiger partial charge in [-0.05, 0) is 61.8 Å². The molecule has 7 heteroatoms. The number of piperidine rings is 1. The van der Waals surface area contributed by atoms with Gasteiger partial charge in [0, 0.05) is 24.5 Å². The van der Waals surface area contributed by atoms with Crippen LogP contribution in [0.5, 0.6) is 0 Å². The molecule has 0 amide bonds. The molecule has 2 heterocycles. The van der Waals surface area contributed by atoms with Crippen LogP contribution in [0, 0.1) is 0 Å². The lowest BCUT2D eigenvalue weighted by molar-refractivity contribution is 0.459. The molecular weight excluding hydrogens is 372 g/mol. The highest BCUT2D eigenvalue weighted by atomic mass is 32.2. The molecule has 2 aliphatic rings. The molecule has 4 rings (SSSR count). The normalized spacial score (nSPS) is 18.4. The van der Waals surface area contributed by atoms with Gasteiger partial charge < -0.3 is 4.90 Å². The average molecular weight is 399 g/mol. The molecule has 0 bridgehead atoms. The molecule has 0 saturated carbocycles. The number of hydrogen-bond acceptors (Lipinski definition) is 5. The molecule has 0 spiro atoms. The van der Waals surface area contributed by atoms with Crippen LogP contribution >= 0.6 is 0 Å². The van der Waals surface area contributed by atoms with Crippen LogP contribution in [0.4, 0.5) is 5.82 Å². The molecule has 148 valence electrons. The lowest BCUT2D eigenvalue weighted by Gasteiger charge is -2.33. The van der Waals surface area contributed by atoms with E-state index in [9.17, 15) is 8.42 Å². The van der Waals surface area contributed by atoms with Gasteiger partial charge >= 0.3 is 0 Å². The Balaban J connectivity index is 1.33. The van der Waals surface area contributed by atoms with Crippen LogP contribution in [0.2, 0.25) is 0 Å². The van der Waals surface area contributed by atoms with E-state index in [-0.39, 0.29) is 6.04 Å². The lowest BCUT2D eigenvalue weighted by Crippen LogP contribution is -2.44. The van der Waals surface area contributed by atoms with Crippen molar-refractivity contribution in [1.82, 2.24) is 14.9 Å². The molecule has 1 saturated heterocycles. The predicted octanol–water partition coefficient (Wildman–Crippen LogP) is 2.91. The molecule has 1 aromatic carbocycles. The number of rotatable bonds is 5. The van der Waals surface area contributed by atoms with Gasteiger partial charge in [0.1, 0.15) is 0 Å². The molecule has 6 nitrogen and oxygen atoms in total. The molecule has 28 heavy (non-hydrogen) atoms. The van der Waals surface area contributed by atoms with Crippen molar-refractivity contribution in [2.45, 2.75) is 44.6 Å². The standard InChI is InChI=1S/C21H26N4O2S/c26-28(27,15-12-17-6-2-1-3-7-17)24-19-10-13-25(14-11-19)21-16-18-8-4-5-9-20(18)22-23-21/h1-3,6-7,12,15-16,19,24H,4-5,8-11,13-14H2/b15-12+. The minimum Gasteiger partial charge on any atom is -0.355 e. The molecule has 2 aromatic rings. The number of benzene rings is 1. The minimum absolute atomic E-state index is 0.0488. The maximum Gasteiger partial charge on any atom is 0.233 e. The average Bonchev–Trinajstić information content (AvgIpc) is 2.73. The molecule has 1 aromatic heterocycles. The van der Waals surface area contributed by atoms with E-state index >= 15 is 0 Å². The van der Waals surface area contributed by atoms with Crippen LogP contribution < -0.4 is 9.62 Å². The van der Waals surface area contributed by atoms with Crippen LogP contribution in [0.15, 0.2) is 41.8 Å². The first-order chi connectivity index (χ1) is 13.6. The van der Waals surface area contributed by atoms with E-state index in [4.69, 9.17) is 0 Å². The molecule has 1 aliphatic carbocycles. The molecule has 1 aliphatic heterocycles. The van der Waals surface area contributed by atoms with Crippen molar-refractivity contribution in [2.75, 3.05) is 18.0 Å². The quantitative estimate of drug-likeness (QED) is 0.838. The monoisotopic (exact) mass is 398 g/mol. The Morgan fingerprint density at radius 1 is 1.04 bits per heavy atom. The van der Waals surface area contributed by atoms with Gasteiger partial charge in [0.15, 0.2) is 5.82 Å². The Morgan fingerprint density at radius 3 is 2.57 bits per heavy atom. The first kappa shape index (κ1) is 19.1. The minimum atomic E-state index is -3.45. The second kappa shape index (κ2) is 8.41. The highest BCUT2D eigenvalue weighted by Crippen LogP contribution is 2.24. The lowest BCUT2D eigenvalue weighted by atomic mass is 9.96. The van der Waals surface area contributed by atoms with Gasteiger partial charge in [-0.3, -0.25) is 0 Å². The van der Waals surface area contributed by atoms with Gasteiger partial charge in [0.05, 0.1) is 5.69 Å². The van der Waals surface area contributed by atoms with Gasteiger partial charge in [0.2, 0.25) is 10.0 Å². The Hall–Kier alpha value is -2.25. The molecule has 0 unspecified atom stereocenters. The van der Waals surface area contributed by atoms with E-state index in [0.29, 0.717) is 0 Å². The maximum absolute atomic E-state index is 12.4. The number of nitrogens with zero attached hydrogens (tertiary/aromatic N) is 3. The smallest absolute Gasteiger partial charge is 0.233 e. The highest BCUT2D eigenvalue weighted by Gasteiger charge is 2.24. The number of nitrogens with one attached hydrogen (secondary N) is 1. The van der Waals surface area contributed by atoms with Crippen molar-refractivity contribution < 1.29 is 8.42 Å². The second-order valence-corrected chi connectivity index (χ2v) is 9.12. The zero-order chi connectivity index (χ0) is 19.4. The van der Waals surface area contributed by atoms with Gasteiger partial charge in [-0.15, -0.1) is 5.10 Å². The van der Waals surface area contributed by atoms with E-state index in [0.717, 1.165) is 55.8 Å². The van der Waals surface area contributed by atoms with Gasteiger partial charge in [-0.1, -0.05) is 30.3 Å². The summed E-state index contributed by atoms with van der Waals surface area (Å²) in [5.41, 5.74) is 3.33. The van der Waals surface area contributed by atoms with Gasteiger partial charge in [-0.25, -0.2) is 13.1 Å². The van der Waals surface area contributed by atoms with E-state index in [2.05, 4.69) is 25.9 Å². The Morgan fingerprint density at radius 2 is 1.79 bits per heavy atom. The third kappa shape index (κ3) is 4.77. The fourth-order valence-corrected chi connectivity index (χ4v) is 4.98. The fourth-order valence-electron chi connectivity index (χ4n) is 3.86. The summed E-state index contributed by atoms with van der Waals surface area (Å²) in [6.45, 7) is 1.56. The molecule has 0 atom stereocenters. The van der Waals surface area contributed by atoms with Crippen molar-refractivity contribution in [1.29, 1.82) is 0 Å². The summed E-state index contributed by atoms with van der Waals surface area (Å²) in [6.07, 6.45) is 7.68. The summed E-state index contributed by atoms with van der Waals surface area (Å²) in [4.78, 5) is 2.21. The number of anilines is 1. The van der Waals surface area contributed by atoms with E-state index in [1.165, 1.54) is 23.8 Å². The van der Waals surface area contributed by atoms with Crippen molar-refractivity contribution in [3.8, 4) is 0 Å². The van der Waals surface area contributed by atoms with Crippen molar-refractivity contribution >= 4 is 21.9 Å². The molecular formula is C21H26N4O2S. The second-order valence-electron chi connectivity index (χ2n) is 7.52. The zero-order valence-corrected chi connectivity index (χ0v) is 16.7.